The van der Waals surface area contributed by atoms with Crippen molar-refractivity contribution in [2.45, 2.75) is 33.2 Å². The molecule has 162 valence electrons. The Labute approximate surface area is 186 Å². The lowest BCUT2D eigenvalue weighted by atomic mass is 9.89. The fourth-order valence-electron chi connectivity index (χ4n) is 4.14. The molecule has 6 nitrogen and oxygen atoms in total. The van der Waals surface area contributed by atoms with Gasteiger partial charge in [-0.25, -0.2) is 4.98 Å². The van der Waals surface area contributed by atoms with Gasteiger partial charge in [-0.15, -0.1) is 0 Å². The van der Waals surface area contributed by atoms with Crippen LogP contribution in [0.1, 0.15) is 38.8 Å². The number of imidazole rings is 1. The molecule has 0 aliphatic carbocycles. The summed E-state index contributed by atoms with van der Waals surface area (Å²) in [6.45, 7) is 6.62. The second-order valence-corrected chi connectivity index (χ2v) is 8.55. The Hall–Kier alpha value is -2.86. The van der Waals surface area contributed by atoms with Crippen molar-refractivity contribution in [2.24, 2.45) is 11.8 Å². The number of hydrogen-bond acceptors (Lipinski definition) is 4. The molecule has 4 rings (SSSR count). The van der Waals surface area contributed by atoms with Gasteiger partial charge in [0.15, 0.2) is 5.92 Å². The normalized spacial score (nSPS) is 18.5. The number of amides is 1. The summed E-state index contributed by atoms with van der Waals surface area (Å²) in [5, 5.41) is 0.494. The van der Waals surface area contributed by atoms with E-state index < -0.39 is 17.9 Å². The van der Waals surface area contributed by atoms with Crippen LogP contribution < -0.4 is 4.90 Å². The third-order valence-corrected chi connectivity index (χ3v) is 5.98. The fourth-order valence-corrected chi connectivity index (χ4v) is 4.39. The van der Waals surface area contributed by atoms with Gasteiger partial charge in [-0.2, -0.15) is 0 Å². The van der Waals surface area contributed by atoms with Crippen LogP contribution in [0, 0.1) is 11.8 Å². The molecule has 2 heterocycles. The summed E-state index contributed by atoms with van der Waals surface area (Å²) in [6, 6.07) is 14.4. The SMILES string of the molecule is CCOC(=O)[C@H]1C(=O)N(CCC(C)C)c2nc3ccccc3n2[C@@H]1c1ccccc1Cl. The van der Waals surface area contributed by atoms with E-state index in [2.05, 4.69) is 13.8 Å². The van der Waals surface area contributed by atoms with E-state index >= 15 is 0 Å². The van der Waals surface area contributed by atoms with E-state index in [1.165, 1.54) is 0 Å². The van der Waals surface area contributed by atoms with Gasteiger partial charge < -0.3 is 9.30 Å². The number of esters is 1. The third kappa shape index (κ3) is 3.81. The van der Waals surface area contributed by atoms with E-state index in [1.807, 2.05) is 47.0 Å². The summed E-state index contributed by atoms with van der Waals surface area (Å²) >= 11 is 6.57. The monoisotopic (exact) mass is 439 g/mol. The van der Waals surface area contributed by atoms with Gasteiger partial charge in [0.05, 0.1) is 23.7 Å². The molecule has 2 atom stereocenters. The molecule has 0 N–H and O–H groups in total. The predicted molar refractivity (Wildman–Crippen MR) is 121 cm³/mol. The van der Waals surface area contributed by atoms with Crippen molar-refractivity contribution in [3.8, 4) is 0 Å². The molecule has 1 aliphatic rings. The minimum atomic E-state index is -1.04. The van der Waals surface area contributed by atoms with E-state index in [4.69, 9.17) is 21.3 Å². The van der Waals surface area contributed by atoms with E-state index in [-0.39, 0.29) is 12.5 Å². The summed E-state index contributed by atoms with van der Waals surface area (Å²) in [6.07, 6.45) is 0.793. The Bertz CT molecular complexity index is 1120. The second-order valence-electron chi connectivity index (χ2n) is 8.14. The van der Waals surface area contributed by atoms with Gasteiger partial charge in [-0.1, -0.05) is 55.8 Å². The van der Waals surface area contributed by atoms with E-state index in [9.17, 15) is 9.59 Å². The zero-order chi connectivity index (χ0) is 22.1. The van der Waals surface area contributed by atoms with E-state index in [0.717, 1.165) is 17.5 Å². The first kappa shape index (κ1) is 21.4. The van der Waals surface area contributed by atoms with Crippen LogP contribution in [-0.2, 0) is 14.3 Å². The molecular weight excluding hydrogens is 414 g/mol. The Kier molecular flexibility index (Phi) is 6.01. The molecule has 1 aliphatic heterocycles. The number of benzene rings is 2. The van der Waals surface area contributed by atoms with Gasteiger partial charge >= 0.3 is 5.97 Å². The molecule has 0 saturated heterocycles. The van der Waals surface area contributed by atoms with Gasteiger partial charge in [0.25, 0.3) is 0 Å². The minimum Gasteiger partial charge on any atom is -0.465 e. The highest BCUT2D eigenvalue weighted by atomic mass is 35.5. The zero-order valence-electron chi connectivity index (χ0n) is 17.9. The molecule has 2 aromatic carbocycles. The van der Waals surface area contributed by atoms with E-state index in [1.54, 1.807) is 17.9 Å². The maximum Gasteiger partial charge on any atom is 0.321 e. The molecule has 1 amide bonds. The summed E-state index contributed by atoms with van der Waals surface area (Å²) < 4.78 is 7.33. The maximum atomic E-state index is 13.7. The number of fused-ring (bicyclic) bond motifs is 3. The molecule has 0 radical (unpaired) electrons. The average Bonchev–Trinajstić information content (AvgIpc) is 3.12. The molecule has 0 unspecified atom stereocenters. The standard InChI is InChI=1S/C24H26ClN3O3/c1-4-31-23(30)20-21(16-9-5-6-10-17(16)25)28-19-12-8-7-11-18(19)26-24(28)27(22(20)29)14-13-15(2)3/h5-12,15,20-21H,4,13-14H2,1-3H3/t20-,21-/m1/s1. The molecule has 7 heteroatoms. The highest BCUT2D eigenvalue weighted by Crippen LogP contribution is 2.43. The van der Waals surface area contributed by atoms with Crippen molar-refractivity contribution < 1.29 is 14.3 Å². The summed E-state index contributed by atoms with van der Waals surface area (Å²) in [7, 11) is 0. The number of halogens is 1. The van der Waals surface area contributed by atoms with E-state index in [0.29, 0.717) is 29.0 Å². The van der Waals surface area contributed by atoms with Gasteiger partial charge in [-0.3, -0.25) is 14.5 Å². The molecule has 1 aromatic heterocycles. The number of nitrogens with zero attached hydrogens (tertiary/aromatic N) is 3. The summed E-state index contributed by atoms with van der Waals surface area (Å²) in [4.78, 5) is 33.2. The van der Waals surface area contributed by atoms with Crippen molar-refractivity contribution in [1.29, 1.82) is 0 Å². The van der Waals surface area contributed by atoms with Crippen LogP contribution in [0.15, 0.2) is 48.5 Å². The molecule has 0 fully saturated rings. The highest BCUT2D eigenvalue weighted by molar-refractivity contribution is 6.31. The topological polar surface area (TPSA) is 64.4 Å². The second kappa shape index (κ2) is 8.71. The Morgan fingerprint density at radius 1 is 1.16 bits per heavy atom. The number of anilines is 1. The first-order valence-electron chi connectivity index (χ1n) is 10.6. The van der Waals surface area contributed by atoms with Crippen LogP contribution in [-0.4, -0.2) is 34.6 Å². The van der Waals surface area contributed by atoms with Crippen LogP contribution in [0.3, 0.4) is 0 Å². The molecule has 0 spiro atoms. The van der Waals surface area contributed by atoms with Gasteiger partial charge in [0.2, 0.25) is 11.9 Å². The molecular formula is C24H26ClN3O3. The summed E-state index contributed by atoms with van der Waals surface area (Å²) in [5.74, 6) is -0.954. The number of carbonyl (C=O) groups is 2. The average molecular weight is 440 g/mol. The van der Waals surface area contributed by atoms with Crippen LogP contribution in [0.25, 0.3) is 11.0 Å². The number of aromatic nitrogens is 2. The van der Waals surface area contributed by atoms with Crippen LogP contribution >= 0.6 is 11.6 Å². The van der Waals surface area contributed by atoms with Crippen molar-refractivity contribution in [2.75, 3.05) is 18.1 Å². The summed E-state index contributed by atoms with van der Waals surface area (Å²) in [5.41, 5.74) is 2.31. The lowest BCUT2D eigenvalue weighted by Crippen LogP contribution is -2.50. The first-order valence-corrected chi connectivity index (χ1v) is 11.0. The zero-order valence-corrected chi connectivity index (χ0v) is 18.7. The lowest BCUT2D eigenvalue weighted by molar-refractivity contribution is -0.153. The van der Waals surface area contributed by atoms with Crippen molar-refractivity contribution in [1.82, 2.24) is 9.55 Å². The quantitative estimate of drug-likeness (QED) is 0.406. The minimum absolute atomic E-state index is 0.196. The number of para-hydroxylation sites is 2. The maximum absolute atomic E-state index is 13.7. The van der Waals surface area contributed by atoms with Crippen molar-refractivity contribution in [3.05, 3.63) is 59.1 Å². The van der Waals surface area contributed by atoms with Gasteiger partial charge in [0, 0.05) is 11.6 Å². The molecule has 0 bridgehead atoms. The van der Waals surface area contributed by atoms with Crippen LogP contribution in [0.2, 0.25) is 5.02 Å². The third-order valence-electron chi connectivity index (χ3n) is 5.64. The Balaban J connectivity index is 1.98. The number of carbonyl (C=O) groups excluding carboxylic acids is 2. The number of rotatable bonds is 6. The molecule has 0 saturated carbocycles. The van der Waals surface area contributed by atoms with Crippen molar-refractivity contribution in [3.63, 3.8) is 0 Å². The highest BCUT2D eigenvalue weighted by Gasteiger charge is 2.48. The molecule has 3 aromatic rings. The van der Waals surface area contributed by atoms with Crippen LogP contribution in [0.5, 0.6) is 0 Å². The Morgan fingerprint density at radius 3 is 2.58 bits per heavy atom. The van der Waals surface area contributed by atoms with Crippen LogP contribution in [0.4, 0.5) is 5.95 Å². The number of ether oxygens (including phenoxy) is 1. The number of hydrogen-bond donors (Lipinski definition) is 0. The molecule has 31 heavy (non-hydrogen) atoms. The Morgan fingerprint density at radius 2 is 1.87 bits per heavy atom. The first-order chi connectivity index (χ1) is 14.9. The van der Waals surface area contributed by atoms with Crippen molar-refractivity contribution >= 4 is 40.5 Å². The van der Waals surface area contributed by atoms with Gasteiger partial charge in [-0.05, 0) is 43.0 Å². The smallest absolute Gasteiger partial charge is 0.321 e. The predicted octanol–water partition coefficient (Wildman–Crippen LogP) is 4.85. The largest absolute Gasteiger partial charge is 0.465 e. The van der Waals surface area contributed by atoms with Gasteiger partial charge in [0.1, 0.15) is 0 Å². The lowest BCUT2D eigenvalue weighted by Gasteiger charge is -2.38. The fraction of sp³-hybridized carbons (Fsp3) is 0.375.